The standard InChI is InChI=1S/C20H23N3O3/c1-4-6-11-22(3)19(24)15-12-17-18(20(25)26-5-2)21-13-23(17)16-10-8-7-9-14(15)16/h7-10,12-13H,4-6,11H2,1-3H3. The predicted octanol–water partition coefficient (Wildman–Crippen LogP) is 3.54. The molecule has 1 amide bonds. The number of imidazole rings is 1. The van der Waals surface area contributed by atoms with Crippen molar-refractivity contribution in [3.8, 4) is 0 Å². The number of ether oxygens (including phenoxy) is 1. The molecule has 0 atom stereocenters. The molecule has 0 radical (unpaired) electrons. The zero-order valence-electron chi connectivity index (χ0n) is 15.4. The summed E-state index contributed by atoms with van der Waals surface area (Å²) in [4.78, 5) is 31.2. The number of esters is 1. The van der Waals surface area contributed by atoms with Crippen molar-refractivity contribution in [2.24, 2.45) is 0 Å². The monoisotopic (exact) mass is 353 g/mol. The Hall–Kier alpha value is -2.89. The van der Waals surface area contributed by atoms with Gasteiger partial charge >= 0.3 is 5.97 Å². The minimum absolute atomic E-state index is 0.0619. The highest BCUT2D eigenvalue weighted by molar-refractivity contribution is 6.09. The summed E-state index contributed by atoms with van der Waals surface area (Å²) < 4.78 is 6.92. The third-order valence-corrected chi connectivity index (χ3v) is 4.43. The highest BCUT2D eigenvalue weighted by atomic mass is 16.5. The summed E-state index contributed by atoms with van der Waals surface area (Å²) in [6, 6.07) is 9.38. The van der Waals surface area contributed by atoms with Crippen LogP contribution in [-0.2, 0) is 4.74 Å². The van der Waals surface area contributed by atoms with Crippen LogP contribution in [0.25, 0.3) is 16.4 Å². The lowest BCUT2D eigenvalue weighted by Gasteiger charge is -2.18. The number of aromatic nitrogens is 2. The van der Waals surface area contributed by atoms with E-state index in [2.05, 4.69) is 11.9 Å². The van der Waals surface area contributed by atoms with E-state index in [0.29, 0.717) is 17.6 Å². The molecule has 0 aliphatic carbocycles. The number of nitrogens with zero attached hydrogens (tertiary/aromatic N) is 3. The summed E-state index contributed by atoms with van der Waals surface area (Å²) in [6.45, 7) is 4.82. The minimum Gasteiger partial charge on any atom is -0.461 e. The van der Waals surface area contributed by atoms with Crippen molar-refractivity contribution < 1.29 is 14.3 Å². The van der Waals surface area contributed by atoms with Crippen LogP contribution in [0.2, 0.25) is 0 Å². The van der Waals surface area contributed by atoms with Crippen molar-refractivity contribution in [2.45, 2.75) is 26.7 Å². The van der Waals surface area contributed by atoms with Gasteiger partial charge in [-0.3, -0.25) is 9.20 Å². The number of hydrogen-bond acceptors (Lipinski definition) is 4. The lowest BCUT2D eigenvalue weighted by molar-refractivity contribution is 0.0522. The number of unbranched alkanes of at least 4 members (excludes halogenated alkanes) is 1. The minimum atomic E-state index is -0.483. The van der Waals surface area contributed by atoms with Crippen molar-refractivity contribution in [1.29, 1.82) is 0 Å². The lowest BCUT2D eigenvalue weighted by Crippen LogP contribution is -2.28. The normalized spacial score (nSPS) is 11.0. The Morgan fingerprint density at radius 3 is 2.69 bits per heavy atom. The van der Waals surface area contributed by atoms with Crippen LogP contribution >= 0.6 is 0 Å². The fraction of sp³-hybridized carbons (Fsp3) is 0.350. The fourth-order valence-electron chi connectivity index (χ4n) is 3.05. The molecule has 3 aromatic rings. The molecule has 0 aliphatic rings. The predicted molar refractivity (Wildman–Crippen MR) is 101 cm³/mol. The number of carbonyl (C=O) groups excluding carboxylic acids is 2. The number of rotatable bonds is 6. The Morgan fingerprint density at radius 2 is 1.96 bits per heavy atom. The average molecular weight is 353 g/mol. The van der Waals surface area contributed by atoms with Crippen molar-refractivity contribution in [1.82, 2.24) is 14.3 Å². The second kappa shape index (κ2) is 7.56. The molecule has 136 valence electrons. The molecule has 3 rings (SSSR count). The van der Waals surface area contributed by atoms with Gasteiger partial charge in [-0.25, -0.2) is 9.78 Å². The number of amides is 1. The maximum Gasteiger partial charge on any atom is 0.359 e. The summed E-state index contributed by atoms with van der Waals surface area (Å²) in [5.41, 5.74) is 2.20. The van der Waals surface area contributed by atoms with Gasteiger partial charge in [0.2, 0.25) is 0 Å². The Bertz CT molecular complexity index is 961. The van der Waals surface area contributed by atoms with Crippen molar-refractivity contribution in [3.63, 3.8) is 0 Å². The molecule has 2 heterocycles. The first-order valence-corrected chi connectivity index (χ1v) is 8.89. The number of pyridine rings is 1. The van der Waals surface area contributed by atoms with Gasteiger partial charge in [0.25, 0.3) is 5.91 Å². The second-order valence-electron chi connectivity index (χ2n) is 6.22. The smallest absolute Gasteiger partial charge is 0.359 e. The molecule has 1 aromatic carbocycles. The van der Waals surface area contributed by atoms with E-state index in [4.69, 9.17) is 4.74 Å². The number of para-hydroxylation sites is 1. The lowest BCUT2D eigenvalue weighted by atomic mass is 10.1. The number of benzene rings is 1. The van der Waals surface area contributed by atoms with E-state index in [9.17, 15) is 9.59 Å². The molecule has 0 spiro atoms. The molecule has 0 fully saturated rings. The van der Waals surface area contributed by atoms with Gasteiger partial charge < -0.3 is 9.64 Å². The van der Waals surface area contributed by atoms with E-state index in [-0.39, 0.29) is 18.2 Å². The van der Waals surface area contributed by atoms with Gasteiger partial charge in [0, 0.05) is 19.0 Å². The summed E-state index contributed by atoms with van der Waals surface area (Å²) in [7, 11) is 1.81. The van der Waals surface area contributed by atoms with Gasteiger partial charge in [-0.2, -0.15) is 0 Å². The van der Waals surface area contributed by atoms with Crippen molar-refractivity contribution in [2.75, 3.05) is 20.2 Å². The molecule has 6 heteroatoms. The molecular formula is C20H23N3O3. The fourth-order valence-corrected chi connectivity index (χ4v) is 3.05. The van der Waals surface area contributed by atoms with Crippen LogP contribution < -0.4 is 0 Å². The second-order valence-corrected chi connectivity index (χ2v) is 6.22. The van der Waals surface area contributed by atoms with Gasteiger partial charge in [-0.05, 0) is 25.5 Å². The first-order valence-electron chi connectivity index (χ1n) is 8.89. The SMILES string of the molecule is CCCCN(C)C(=O)c1cc2c(C(=O)OCC)ncn2c2ccccc12. The van der Waals surface area contributed by atoms with E-state index < -0.39 is 5.97 Å². The summed E-state index contributed by atoms with van der Waals surface area (Å²) >= 11 is 0. The van der Waals surface area contributed by atoms with E-state index in [1.807, 2.05) is 28.7 Å². The maximum atomic E-state index is 13.0. The van der Waals surface area contributed by atoms with Crippen LogP contribution in [-0.4, -0.2) is 46.4 Å². The first-order chi connectivity index (χ1) is 12.6. The van der Waals surface area contributed by atoms with Gasteiger partial charge in [-0.15, -0.1) is 0 Å². The van der Waals surface area contributed by atoms with Gasteiger partial charge in [0.05, 0.1) is 23.2 Å². The molecule has 0 bridgehead atoms. The van der Waals surface area contributed by atoms with Crippen LogP contribution in [0.15, 0.2) is 36.7 Å². The molecule has 2 aromatic heterocycles. The number of hydrogen-bond donors (Lipinski definition) is 0. The first kappa shape index (κ1) is 17.9. The molecule has 0 aliphatic heterocycles. The Labute approximate surface area is 152 Å². The maximum absolute atomic E-state index is 13.0. The van der Waals surface area contributed by atoms with Crippen LogP contribution in [0.1, 0.15) is 47.5 Å². The van der Waals surface area contributed by atoms with E-state index >= 15 is 0 Å². The van der Waals surface area contributed by atoms with Crippen LogP contribution in [0.4, 0.5) is 0 Å². The summed E-state index contributed by atoms with van der Waals surface area (Å²) in [6.07, 6.45) is 3.56. The number of fused-ring (bicyclic) bond motifs is 3. The zero-order valence-corrected chi connectivity index (χ0v) is 15.4. The Balaban J connectivity index is 2.18. The highest BCUT2D eigenvalue weighted by Gasteiger charge is 2.21. The van der Waals surface area contributed by atoms with Gasteiger partial charge in [-0.1, -0.05) is 31.5 Å². The molecule has 26 heavy (non-hydrogen) atoms. The summed E-state index contributed by atoms with van der Waals surface area (Å²) in [5, 5.41) is 0.834. The summed E-state index contributed by atoms with van der Waals surface area (Å²) in [5.74, 6) is -0.545. The molecule has 0 N–H and O–H groups in total. The van der Waals surface area contributed by atoms with Crippen LogP contribution in [0.5, 0.6) is 0 Å². The third kappa shape index (κ3) is 3.14. The zero-order chi connectivity index (χ0) is 18.7. The molecular weight excluding hydrogens is 330 g/mol. The van der Waals surface area contributed by atoms with E-state index in [1.165, 1.54) is 0 Å². The van der Waals surface area contributed by atoms with Gasteiger partial charge in [0.1, 0.15) is 6.33 Å². The molecule has 0 unspecified atom stereocenters. The quantitative estimate of drug-likeness (QED) is 0.636. The van der Waals surface area contributed by atoms with Crippen LogP contribution in [0, 0.1) is 0 Å². The van der Waals surface area contributed by atoms with E-state index in [0.717, 1.165) is 23.7 Å². The third-order valence-electron chi connectivity index (χ3n) is 4.43. The topological polar surface area (TPSA) is 63.9 Å². The van der Waals surface area contributed by atoms with Gasteiger partial charge in [0.15, 0.2) is 5.69 Å². The van der Waals surface area contributed by atoms with Crippen molar-refractivity contribution in [3.05, 3.63) is 47.9 Å². The van der Waals surface area contributed by atoms with E-state index in [1.54, 1.807) is 31.3 Å². The Kier molecular flexibility index (Phi) is 5.21. The van der Waals surface area contributed by atoms with Crippen LogP contribution in [0.3, 0.4) is 0 Å². The molecule has 0 saturated carbocycles. The molecule has 6 nitrogen and oxygen atoms in total. The Morgan fingerprint density at radius 1 is 1.19 bits per heavy atom. The largest absolute Gasteiger partial charge is 0.461 e. The van der Waals surface area contributed by atoms with Crippen molar-refractivity contribution >= 4 is 28.3 Å². The average Bonchev–Trinajstić information content (AvgIpc) is 3.09. The molecule has 0 saturated heterocycles. The highest BCUT2D eigenvalue weighted by Crippen LogP contribution is 2.25. The number of carbonyl (C=O) groups is 2.